The van der Waals surface area contributed by atoms with Crippen LogP contribution in [0.15, 0.2) is 4.52 Å². The van der Waals surface area contributed by atoms with Crippen LogP contribution in [0.2, 0.25) is 0 Å². The third kappa shape index (κ3) is 3.32. The minimum atomic E-state index is 0.0851. The second kappa shape index (κ2) is 6.00. The number of hydrogen-bond donors (Lipinski definition) is 1. The Morgan fingerprint density at radius 1 is 1.50 bits per heavy atom. The van der Waals surface area contributed by atoms with Gasteiger partial charge in [-0.05, 0) is 26.7 Å². The molecule has 0 aliphatic carbocycles. The van der Waals surface area contributed by atoms with Crippen molar-refractivity contribution in [2.45, 2.75) is 33.1 Å². The Morgan fingerprint density at radius 3 is 2.94 bits per heavy atom. The summed E-state index contributed by atoms with van der Waals surface area (Å²) in [5, 5.41) is 6.84. The molecule has 0 aromatic carbocycles. The fraction of sp³-hybridized carbons (Fsp3) is 0.692. The Morgan fingerprint density at radius 2 is 2.33 bits per heavy atom. The summed E-state index contributed by atoms with van der Waals surface area (Å²) < 4.78 is 10.3. The maximum absolute atomic E-state index is 11.7. The Labute approximate surface area is 107 Å². The highest BCUT2D eigenvalue weighted by atomic mass is 16.5. The van der Waals surface area contributed by atoms with Gasteiger partial charge < -0.3 is 14.6 Å². The number of nitrogens with zero attached hydrogens (tertiary/aromatic N) is 1. The van der Waals surface area contributed by atoms with E-state index in [1.807, 2.05) is 13.8 Å². The van der Waals surface area contributed by atoms with Crippen molar-refractivity contribution in [3.8, 4) is 0 Å². The number of nitrogens with one attached hydrogen (secondary N) is 1. The highest BCUT2D eigenvalue weighted by Gasteiger charge is 2.16. The molecule has 0 unspecified atom stereocenters. The lowest BCUT2D eigenvalue weighted by molar-refractivity contribution is -0.121. The minimum Gasteiger partial charge on any atom is -0.381 e. The Balaban J connectivity index is 1.71. The zero-order valence-electron chi connectivity index (χ0n) is 11.0. The van der Waals surface area contributed by atoms with Gasteiger partial charge in [-0.2, -0.15) is 0 Å². The lowest BCUT2D eigenvalue weighted by atomic mass is 10.1. The second-order valence-corrected chi connectivity index (χ2v) is 4.84. The Bertz CT molecular complexity index is 389. The van der Waals surface area contributed by atoms with E-state index in [1.54, 1.807) is 0 Å². The van der Waals surface area contributed by atoms with Crippen molar-refractivity contribution in [2.24, 2.45) is 5.92 Å². The van der Waals surface area contributed by atoms with Crippen molar-refractivity contribution >= 4 is 5.91 Å². The first kappa shape index (κ1) is 13.1. The number of aromatic nitrogens is 1. The van der Waals surface area contributed by atoms with Gasteiger partial charge in [-0.1, -0.05) is 5.16 Å². The maximum Gasteiger partial charge on any atom is 0.220 e. The van der Waals surface area contributed by atoms with Crippen LogP contribution in [0, 0.1) is 19.8 Å². The lowest BCUT2D eigenvalue weighted by Crippen LogP contribution is -2.29. The smallest absolute Gasteiger partial charge is 0.220 e. The molecule has 5 nitrogen and oxygen atoms in total. The quantitative estimate of drug-likeness (QED) is 0.859. The number of amides is 1. The largest absolute Gasteiger partial charge is 0.381 e. The monoisotopic (exact) mass is 252 g/mol. The van der Waals surface area contributed by atoms with E-state index >= 15 is 0 Å². The van der Waals surface area contributed by atoms with Crippen LogP contribution < -0.4 is 5.32 Å². The van der Waals surface area contributed by atoms with E-state index in [-0.39, 0.29) is 5.91 Å². The predicted octanol–water partition coefficient (Wildman–Crippen LogP) is 1.38. The summed E-state index contributed by atoms with van der Waals surface area (Å²) in [5.41, 5.74) is 1.93. The molecule has 0 radical (unpaired) electrons. The molecule has 18 heavy (non-hydrogen) atoms. The van der Waals surface area contributed by atoms with Crippen LogP contribution in [0.3, 0.4) is 0 Å². The summed E-state index contributed by atoms with van der Waals surface area (Å²) in [6, 6.07) is 0. The number of hydrogen-bond acceptors (Lipinski definition) is 4. The molecule has 0 saturated carbocycles. The number of ether oxygens (including phenoxy) is 1. The van der Waals surface area contributed by atoms with Gasteiger partial charge in [0.15, 0.2) is 0 Å². The van der Waals surface area contributed by atoms with Gasteiger partial charge in [0.05, 0.1) is 12.3 Å². The molecule has 1 aliphatic heterocycles. The van der Waals surface area contributed by atoms with Crippen molar-refractivity contribution in [3.05, 3.63) is 17.0 Å². The summed E-state index contributed by atoms with van der Waals surface area (Å²) in [6.45, 7) is 6.09. The highest BCUT2D eigenvalue weighted by Crippen LogP contribution is 2.14. The number of carbonyl (C=O) groups excluding carboxylic acids is 1. The molecule has 5 heteroatoms. The van der Waals surface area contributed by atoms with E-state index in [0.717, 1.165) is 43.2 Å². The minimum absolute atomic E-state index is 0.0851. The van der Waals surface area contributed by atoms with E-state index in [2.05, 4.69) is 10.5 Å². The molecule has 1 amide bonds. The van der Waals surface area contributed by atoms with Gasteiger partial charge in [0.25, 0.3) is 0 Å². The maximum atomic E-state index is 11.7. The molecule has 1 saturated heterocycles. The van der Waals surface area contributed by atoms with Crippen molar-refractivity contribution in [2.75, 3.05) is 19.8 Å². The Hall–Kier alpha value is -1.36. The molecule has 1 atom stereocenters. The fourth-order valence-corrected chi connectivity index (χ4v) is 2.19. The zero-order valence-corrected chi connectivity index (χ0v) is 11.0. The first-order valence-electron chi connectivity index (χ1n) is 6.43. The first-order chi connectivity index (χ1) is 8.66. The van der Waals surface area contributed by atoms with Crippen molar-refractivity contribution in [1.82, 2.24) is 10.5 Å². The van der Waals surface area contributed by atoms with Crippen LogP contribution in [0.1, 0.15) is 29.9 Å². The second-order valence-electron chi connectivity index (χ2n) is 4.84. The van der Waals surface area contributed by atoms with E-state index < -0.39 is 0 Å². The Kier molecular flexibility index (Phi) is 4.36. The predicted molar refractivity (Wildman–Crippen MR) is 66.2 cm³/mol. The van der Waals surface area contributed by atoms with Crippen LogP contribution in [0.4, 0.5) is 0 Å². The van der Waals surface area contributed by atoms with Gasteiger partial charge in [0.1, 0.15) is 5.76 Å². The number of aryl methyl sites for hydroxylation is 2. The average Bonchev–Trinajstić information content (AvgIpc) is 2.96. The van der Waals surface area contributed by atoms with E-state index in [0.29, 0.717) is 18.8 Å². The van der Waals surface area contributed by atoms with Crippen LogP contribution in [0.5, 0.6) is 0 Å². The molecule has 1 N–H and O–H groups in total. The zero-order chi connectivity index (χ0) is 13.0. The molecule has 0 spiro atoms. The van der Waals surface area contributed by atoms with Gasteiger partial charge >= 0.3 is 0 Å². The van der Waals surface area contributed by atoms with Crippen molar-refractivity contribution in [1.29, 1.82) is 0 Å². The SMILES string of the molecule is Cc1noc(C)c1CCC(=O)NC[C@H]1CCOC1. The van der Waals surface area contributed by atoms with E-state index in [1.165, 1.54) is 0 Å². The molecule has 2 rings (SSSR count). The third-order valence-corrected chi connectivity index (χ3v) is 3.40. The molecule has 1 fully saturated rings. The summed E-state index contributed by atoms with van der Waals surface area (Å²) in [7, 11) is 0. The van der Waals surface area contributed by atoms with Crippen molar-refractivity contribution < 1.29 is 14.1 Å². The molecule has 1 aromatic rings. The summed E-state index contributed by atoms with van der Waals surface area (Å²) in [6.07, 6.45) is 2.22. The fourth-order valence-electron chi connectivity index (χ4n) is 2.19. The normalized spacial score (nSPS) is 19.1. The van der Waals surface area contributed by atoms with Crippen LogP contribution in [-0.4, -0.2) is 30.8 Å². The summed E-state index contributed by atoms with van der Waals surface area (Å²) >= 11 is 0. The summed E-state index contributed by atoms with van der Waals surface area (Å²) in [4.78, 5) is 11.7. The number of rotatable bonds is 5. The highest BCUT2D eigenvalue weighted by molar-refractivity contribution is 5.76. The molecule has 2 heterocycles. The van der Waals surface area contributed by atoms with Crippen LogP contribution in [0.25, 0.3) is 0 Å². The van der Waals surface area contributed by atoms with Gasteiger partial charge in [0.2, 0.25) is 5.91 Å². The molecule has 1 aliphatic rings. The van der Waals surface area contributed by atoms with Gasteiger partial charge in [-0.15, -0.1) is 0 Å². The van der Waals surface area contributed by atoms with E-state index in [4.69, 9.17) is 9.26 Å². The lowest BCUT2D eigenvalue weighted by Gasteiger charge is -2.09. The van der Waals surface area contributed by atoms with Crippen molar-refractivity contribution in [3.63, 3.8) is 0 Å². The average molecular weight is 252 g/mol. The van der Waals surface area contributed by atoms with Gasteiger partial charge in [-0.25, -0.2) is 0 Å². The molecule has 100 valence electrons. The molecule has 0 bridgehead atoms. The number of carbonyl (C=O) groups is 1. The van der Waals surface area contributed by atoms with E-state index in [9.17, 15) is 4.79 Å². The standard InChI is InChI=1S/C13H20N2O3/c1-9-12(10(2)18-15-9)3-4-13(16)14-7-11-5-6-17-8-11/h11H,3-8H2,1-2H3,(H,14,16)/t11-/m1/s1. The van der Waals surface area contributed by atoms with Gasteiger partial charge in [-0.3, -0.25) is 4.79 Å². The topological polar surface area (TPSA) is 64.4 Å². The third-order valence-electron chi connectivity index (χ3n) is 3.40. The molecular weight excluding hydrogens is 232 g/mol. The first-order valence-corrected chi connectivity index (χ1v) is 6.43. The van der Waals surface area contributed by atoms with Crippen LogP contribution >= 0.6 is 0 Å². The summed E-state index contributed by atoms with van der Waals surface area (Å²) in [5.74, 6) is 1.37. The van der Waals surface area contributed by atoms with Gasteiger partial charge in [0, 0.05) is 31.1 Å². The molecular formula is C13H20N2O3. The van der Waals surface area contributed by atoms with Crippen LogP contribution in [-0.2, 0) is 16.0 Å². The molecule has 1 aromatic heterocycles.